The number of hydrogen-bond donors (Lipinski definition) is 0. The van der Waals surface area contributed by atoms with Crippen molar-refractivity contribution in [2.75, 3.05) is 0 Å². The van der Waals surface area contributed by atoms with Crippen LogP contribution in [0.25, 0.3) is 0 Å². The van der Waals surface area contributed by atoms with Gasteiger partial charge in [0.2, 0.25) is 0 Å². The lowest BCUT2D eigenvalue weighted by molar-refractivity contribution is 0.258. The van der Waals surface area contributed by atoms with Crippen molar-refractivity contribution >= 4 is 0 Å². The van der Waals surface area contributed by atoms with Crippen molar-refractivity contribution in [2.24, 2.45) is 35.5 Å². The summed E-state index contributed by atoms with van der Waals surface area (Å²) in [6.45, 7) is 34.7. The van der Waals surface area contributed by atoms with E-state index in [4.69, 9.17) is 0 Å². The molecule has 3 unspecified atom stereocenters. The lowest BCUT2D eigenvalue weighted by atomic mass is 9.80. The van der Waals surface area contributed by atoms with E-state index in [1.165, 1.54) is 44.9 Å². The molecule has 184 valence electrons. The van der Waals surface area contributed by atoms with E-state index in [1.54, 1.807) is 0 Å². The highest BCUT2D eigenvalue weighted by molar-refractivity contribution is 4.70. The molecule has 1 fully saturated rings. The van der Waals surface area contributed by atoms with Gasteiger partial charge >= 0.3 is 0 Å². The fourth-order valence-electron chi connectivity index (χ4n) is 3.65. The number of hydrogen-bond acceptors (Lipinski definition) is 0. The zero-order valence-corrected chi connectivity index (χ0v) is 24.4. The molecular formula is C29H68. The average Bonchev–Trinajstić information content (AvgIpc) is 2.78. The van der Waals surface area contributed by atoms with Gasteiger partial charge in [0.25, 0.3) is 0 Å². The Morgan fingerprint density at radius 1 is 0.621 bits per heavy atom. The molecule has 0 N–H and O–H groups in total. The van der Waals surface area contributed by atoms with E-state index >= 15 is 0 Å². The highest BCUT2D eigenvalue weighted by Gasteiger charge is 2.18. The molecule has 3 atom stereocenters. The van der Waals surface area contributed by atoms with Gasteiger partial charge in [0.05, 0.1) is 0 Å². The minimum absolute atomic E-state index is 0.837. The summed E-state index contributed by atoms with van der Waals surface area (Å²) in [5.74, 6) is 5.50. The van der Waals surface area contributed by atoms with Crippen molar-refractivity contribution in [1.82, 2.24) is 0 Å². The average molecular weight is 417 g/mol. The summed E-state index contributed by atoms with van der Waals surface area (Å²) < 4.78 is 0. The summed E-state index contributed by atoms with van der Waals surface area (Å²) >= 11 is 0. The standard InChI is InChI=1S/C11H24.C10H20.4C2H6/c1-8(2)7-10(5)11(6)9(3)4;1-3-9(2)10-7-5-4-6-8-10;4*1-2/h8-11H,7H2,1-6H3;9-10H,3-8H2,1-2H3;4*1-2H3. The van der Waals surface area contributed by atoms with E-state index in [0.717, 1.165) is 35.5 Å². The molecule has 0 nitrogen and oxygen atoms in total. The van der Waals surface area contributed by atoms with Gasteiger partial charge in [0, 0.05) is 0 Å². The first-order valence-corrected chi connectivity index (χ1v) is 13.8. The Morgan fingerprint density at radius 2 is 1.00 bits per heavy atom. The van der Waals surface area contributed by atoms with Gasteiger partial charge in [-0.05, 0) is 41.9 Å². The van der Waals surface area contributed by atoms with Crippen molar-refractivity contribution in [3.05, 3.63) is 0 Å². The van der Waals surface area contributed by atoms with Crippen molar-refractivity contribution in [1.29, 1.82) is 0 Å². The van der Waals surface area contributed by atoms with Crippen LogP contribution in [0, 0.1) is 35.5 Å². The Labute approximate surface area is 191 Å². The second kappa shape index (κ2) is 32.7. The highest BCUT2D eigenvalue weighted by atomic mass is 14.2. The summed E-state index contributed by atoms with van der Waals surface area (Å²) in [5.41, 5.74) is 0. The monoisotopic (exact) mass is 417 g/mol. The zero-order chi connectivity index (χ0) is 24.4. The molecule has 0 aromatic carbocycles. The van der Waals surface area contributed by atoms with Gasteiger partial charge in [-0.3, -0.25) is 0 Å². The van der Waals surface area contributed by atoms with Gasteiger partial charge in [0.1, 0.15) is 0 Å². The van der Waals surface area contributed by atoms with Gasteiger partial charge in [-0.1, -0.05) is 149 Å². The number of rotatable bonds is 6. The van der Waals surface area contributed by atoms with Crippen LogP contribution in [0.2, 0.25) is 0 Å². The molecule has 0 heterocycles. The van der Waals surface area contributed by atoms with Crippen LogP contribution >= 0.6 is 0 Å². The molecule has 0 aromatic rings. The topological polar surface area (TPSA) is 0 Å². The summed E-state index contributed by atoms with van der Waals surface area (Å²) in [5, 5.41) is 0. The van der Waals surface area contributed by atoms with Crippen molar-refractivity contribution in [3.8, 4) is 0 Å². The minimum atomic E-state index is 0.837. The molecule has 1 aliphatic rings. The van der Waals surface area contributed by atoms with E-state index < -0.39 is 0 Å². The van der Waals surface area contributed by atoms with Crippen molar-refractivity contribution in [3.63, 3.8) is 0 Å². The van der Waals surface area contributed by atoms with Crippen LogP contribution in [0.15, 0.2) is 0 Å². The maximum absolute atomic E-state index is 2.41. The molecule has 0 bridgehead atoms. The first-order valence-electron chi connectivity index (χ1n) is 13.8. The van der Waals surface area contributed by atoms with Crippen LogP contribution in [0.3, 0.4) is 0 Å². The Hall–Kier alpha value is 0. The summed E-state index contributed by atoms with van der Waals surface area (Å²) in [6, 6.07) is 0. The maximum atomic E-state index is 2.41. The normalized spacial score (nSPS) is 15.9. The van der Waals surface area contributed by atoms with E-state index in [9.17, 15) is 0 Å². The second-order valence-corrected chi connectivity index (χ2v) is 8.49. The predicted octanol–water partition coefficient (Wildman–Crippen LogP) is 11.7. The van der Waals surface area contributed by atoms with Gasteiger partial charge in [-0.15, -0.1) is 0 Å². The van der Waals surface area contributed by atoms with E-state index in [0.29, 0.717) is 0 Å². The largest absolute Gasteiger partial charge is 0.0683 e. The Bertz CT molecular complexity index is 222. The maximum Gasteiger partial charge on any atom is -0.0389 e. The van der Waals surface area contributed by atoms with Gasteiger partial charge < -0.3 is 0 Å². The van der Waals surface area contributed by atoms with E-state index in [2.05, 4.69) is 55.4 Å². The molecule has 1 rings (SSSR count). The smallest absolute Gasteiger partial charge is 0.0389 e. The third kappa shape index (κ3) is 28.0. The quantitative estimate of drug-likeness (QED) is 0.403. The Morgan fingerprint density at radius 3 is 1.28 bits per heavy atom. The van der Waals surface area contributed by atoms with E-state index in [1.807, 2.05) is 55.4 Å². The van der Waals surface area contributed by atoms with Crippen LogP contribution in [0.5, 0.6) is 0 Å². The molecule has 1 aliphatic carbocycles. The molecule has 0 amide bonds. The van der Waals surface area contributed by atoms with Crippen molar-refractivity contribution in [2.45, 2.75) is 156 Å². The lowest BCUT2D eigenvalue weighted by Crippen LogP contribution is -2.15. The molecule has 0 spiro atoms. The third-order valence-corrected chi connectivity index (χ3v) is 5.89. The first kappa shape index (κ1) is 39.5. The zero-order valence-electron chi connectivity index (χ0n) is 24.4. The van der Waals surface area contributed by atoms with Crippen LogP contribution < -0.4 is 0 Å². The molecule has 0 radical (unpaired) electrons. The summed E-state index contributed by atoms with van der Waals surface area (Å²) in [7, 11) is 0. The third-order valence-electron chi connectivity index (χ3n) is 5.89. The Balaban J connectivity index is -0.0000000984. The van der Waals surface area contributed by atoms with Crippen molar-refractivity contribution < 1.29 is 0 Å². The molecule has 0 aromatic heterocycles. The lowest BCUT2D eigenvalue weighted by Gasteiger charge is -2.26. The van der Waals surface area contributed by atoms with E-state index in [-0.39, 0.29) is 0 Å². The molecule has 1 saturated carbocycles. The fraction of sp³-hybridized carbons (Fsp3) is 1.00. The molecular weight excluding hydrogens is 348 g/mol. The van der Waals surface area contributed by atoms with Gasteiger partial charge in [0.15, 0.2) is 0 Å². The summed E-state index contributed by atoms with van der Waals surface area (Å²) in [6.07, 6.45) is 10.3. The summed E-state index contributed by atoms with van der Waals surface area (Å²) in [4.78, 5) is 0. The molecule has 0 heteroatoms. The van der Waals surface area contributed by atoms with Crippen LogP contribution in [-0.4, -0.2) is 0 Å². The van der Waals surface area contributed by atoms with Crippen LogP contribution in [-0.2, 0) is 0 Å². The molecule has 29 heavy (non-hydrogen) atoms. The predicted molar refractivity (Wildman–Crippen MR) is 144 cm³/mol. The molecule has 0 aliphatic heterocycles. The van der Waals surface area contributed by atoms with Crippen LogP contribution in [0.1, 0.15) is 156 Å². The Kier molecular flexibility index (Phi) is 44.5. The highest BCUT2D eigenvalue weighted by Crippen LogP contribution is 2.31. The first-order chi connectivity index (χ1) is 13.8. The van der Waals surface area contributed by atoms with Gasteiger partial charge in [-0.25, -0.2) is 0 Å². The SMILES string of the molecule is CC.CC.CC.CC.CC(C)CC(C)C(C)C(C)C.CCC(C)C1CCCCC1. The second-order valence-electron chi connectivity index (χ2n) is 8.49. The van der Waals surface area contributed by atoms with Crippen LogP contribution in [0.4, 0.5) is 0 Å². The minimum Gasteiger partial charge on any atom is -0.0683 e. The molecule has 0 saturated heterocycles. The fourth-order valence-corrected chi connectivity index (χ4v) is 3.65. The van der Waals surface area contributed by atoms with Gasteiger partial charge in [-0.2, -0.15) is 0 Å².